The first-order valence-corrected chi connectivity index (χ1v) is 7.04. The lowest BCUT2D eigenvalue weighted by Gasteiger charge is -2.21. The van der Waals surface area contributed by atoms with Gasteiger partial charge in [0.1, 0.15) is 11.4 Å². The Morgan fingerprint density at radius 2 is 2.24 bits per heavy atom. The van der Waals surface area contributed by atoms with Crippen LogP contribution >= 0.6 is 0 Å². The number of aromatic nitrogens is 3. The predicted molar refractivity (Wildman–Crippen MR) is 79.6 cm³/mol. The van der Waals surface area contributed by atoms with E-state index in [1.807, 2.05) is 32.0 Å². The lowest BCUT2D eigenvalue weighted by atomic mass is 10.00. The van der Waals surface area contributed by atoms with Crippen LogP contribution in [0.2, 0.25) is 0 Å². The first-order valence-electron chi connectivity index (χ1n) is 7.04. The lowest BCUT2D eigenvalue weighted by Crippen LogP contribution is -2.42. The number of nitrogens with zero attached hydrogens (tertiary/aromatic N) is 2. The molecule has 0 aromatic carbocycles. The van der Waals surface area contributed by atoms with Crippen LogP contribution in [0.15, 0.2) is 30.5 Å². The number of hydrogen-bond acceptors (Lipinski definition) is 4. The summed E-state index contributed by atoms with van der Waals surface area (Å²) in [6, 6.07) is 6.91. The first kappa shape index (κ1) is 15.2. The molecule has 0 saturated heterocycles. The van der Waals surface area contributed by atoms with E-state index in [9.17, 15) is 9.90 Å². The van der Waals surface area contributed by atoms with Crippen molar-refractivity contribution in [3.63, 3.8) is 0 Å². The maximum Gasteiger partial charge on any atom is 0.269 e. The summed E-state index contributed by atoms with van der Waals surface area (Å²) in [6.07, 6.45) is 2.56. The second-order valence-corrected chi connectivity index (χ2v) is 5.03. The Balaban J connectivity index is 2.09. The Hall–Kier alpha value is -2.21. The number of hydrogen-bond donors (Lipinski definition) is 3. The van der Waals surface area contributed by atoms with Crippen molar-refractivity contribution in [2.24, 2.45) is 5.92 Å². The van der Waals surface area contributed by atoms with Gasteiger partial charge in [0.2, 0.25) is 0 Å². The molecule has 0 aliphatic carbocycles. The lowest BCUT2D eigenvalue weighted by molar-refractivity contribution is 0.0886. The number of carbonyl (C=O) groups excluding carboxylic acids is 1. The maximum absolute atomic E-state index is 12.2. The van der Waals surface area contributed by atoms with Gasteiger partial charge in [-0.05, 0) is 24.1 Å². The van der Waals surface area contributed by atoms with Crippen LogP contribution < -0.4 is 5.32 Å². The summed E-state index contributed by atoms with van der Waals surface area (Å²) in [5.74, 6) is -0.0684. The second kappa shape index (κ2) is 6.99. The molecule has 2 rings (SSSR count). The minimum Gasteiger partial charge on any atom is -0.394 e. The number of amides is 1. The Labute approximate surface area is 123 Å². The van der Waals surface area contributed by atoms with Crippen molar-refractivity contribution in [3.8, 4) is 11.4 Å². The van der Waals surface area contributed by atoms with Gasteiger partial charge in [-0.2, -0.15) is 5.10 Å². The fraction of sp³-hybridized carbons (Fsp3) is 0.400. The molecule has 1 amide bonds. The van der Waals surface area contributed by atoms with E-state index in [4.69, 9.17) is 0 Å². The van der Waals surface area contributed by atoms with E-state index < -0.39 is 0 Å². The van der Waals surface area contributed by atoms with Gasteiger partial charge in [-0.1, -0.05) is 26.3 Å². The van der Waals surface area contributed by atoms with Gasteiger partial charge in [0, 0.05) is 6.20 Å². The van der Waals surface area contributed by atoms with Gasteiger partial charge in [0.05, 0.1) is 18.3 Å². The predicted octanol–water partition coefficient (Wildman–Crippen LogP) is 1.61. The highest BCUT2D eigenvalue weighted by Gasteiger charge is 2.19. The number of aliphatic hydroxyl groups is 1. The fourth-order valence-corrected chi connectivity index (χ4v) is 1.98. The molecule has 2 atom stereocenters. The second-order valence-electron chi connectivity index (χ2n) is 5.03. The number of pyridine rings is 1. The summed E-state index contributed by atoms with van der Waals surface area (Å²) in [6.45, 7) is 3.93. The molecular weight excluding hydrogens is 268 g/mol. The van der Waals surface area contributed by atoms with Crippen LogP contribution in [0.4, 0.5) is 0 Å². The van der Waals surface area contributed by atoms with Crippen molar-refractivity contribution in [1.29, 1.82) is 0 Å². The Morgan fingerprint density at radius 1 is 1.43 bits per heavy atom. The Morgan fingerprint density at radius 3 is 2.86 bits per heavy atom. The summed E-state index contributed by atoms with van der Waals surface area (Å²) < 4.78 is 0. The van der Waals surface area contributed by atoms with E-state index >= 15 is 0 Å². The molecule has 0 unspecified atom stereocenters. The highest BCUT2D eigenvalue weighted by molar-refractivity contribution is 5.93. The standard InChI is InChI=1S/C15H20N4O2/c1-3-10(2)14(9-20)17-15(21)13-8-12(18-19-13)11-6-4-5-7-16-11/h4-8,10,14,20H,3,9H2,1-2H3,(H,17,21)(H,18,19)/t10-,14-/m1/s1. The minimum atomic E-state index is -0.274. The SMILES string of the molecule is CC[C@@H](C)[C@@H](CO)NC(=O)c1cc(-c2ccccn2)n[nH]1. The van der Waals surface area contributed by atoms with Crippen molar-refractivity contribution in [3.05, 3.63) is 36.2 Å². The number of rotatable bonds is 6. The van der Waals surface area contributed by atoms with E-state index in [2.05, 4.69) is 20.5 Å². The number of aromatic amines is 1. The van der Waals surface area contributed by atoms with Crippen LogP contribution in [0.25, 0.3) is 11.4 Å². The van der Waals surface area contributed by atoms with Gasteiger partial charge in [0.15, 0.2) is 0 Å². The molecule has 0 fully saturated rings. The number of H-pyrrole nitrogens is 1. The zero-order valence-corrected chi connectivity index (χ0v) is 12.2. The molecule has 2 aromatic rings. The molecule has 3 N–H and O–H groups in total. The van der Waals surface area contributed by atoms with Crippen LogP contribution in [-0.4, -0.2) is 38.8 Å². The number of nitrogens with one attached hydrogen (secondary N) is 2. The molecular formula is C15H20N4O2. The molecule has 112 valence electrons. The van der Waals surface area contributed by atoms with Crippen LogP contribution in [-0.2, 0) is 0 Å². The average molecular weight is 288 g/mol. The Bertz CT molecular complexity index is 582. The van der Waals surface area contributed by atoms with Gasteiger partial charge in [-0.3, -0.25) is 14.9 Å². The molecule has 0 bridgehead atoms. The summed E-state index contributed by atoms with van der Waals surface area (Å²) in [5, 5.41) is 19.0. The van der Waals surface area contributed by atoms with E-state index in [-0.39, 0.29) is 24.5 Å². The average Bonchev–Trinajstić information content (AvgIpc) is 3.02. The maximum atomic E-state index is 12.2. The minimum absolute atomic E-state index is 0.0814. The number of carbonyl (C=O) groups is 1. The summed E-state index contributed by atoms with van der Waals surface area (Å²) >= 11 is 0. The van der Waals surface area contributed by atoms with E-state index in [0.29, 0.717) is 17.1 Å². The molecule has 2 heterocycles. The van der Waals surface area contributed by atoms with Crippen LogP contribution in [0.1, 0.15) is 30.8 Å². The van der Waals surface area contributed by atoms with Crippen molar-refractivity contribution >= 4 is 5.91 Å². The molecule has 0 spiro atoms. The fourth-order valence-electron chi connectivity index (χ4n) is 1.98. The molecule has 6 nitrogen and oxygen atoms in total. The zero-order valence-electron chi connectivity index (χ0n) is 12.2. The van der Waals surface area contributed by atoms with E-state index in [1.54, 1.807) is 12.3 Å². The normalized spacial score (nSPS) is 13.7. The largest absolute Gasteiger partial charge is 0.394 e. The first-order chi connectivity index (χ1) is 10.2. The number of aliphatic hydroxyl groups excluding tert-OH is 1. The smallest absolute Gasteiger partial charge is 0.269 e. The molecule has 0 radical (unpaired) electrons. The van der Waals surface area contributed by atoms with E-state index in [1.165, 1.54) is 0 Å². The van der Waals surface area contributed by atoms with Crippen LogP contribution in [0, 0.1) is 5.92 Å². The van der Waals surface area contributed by atoms with Gasteiger partial charge in [-0.25, -0.2) is 0 Å². The summed E-state index contributed by atoms with van der Waals surface area (Å²) in [5.41, 5.74) is 1.68. The zero-order chi connectivity index (χ0) is 15.2. The van der Waals surface area contributed by atoms with Gasteiger partial charge >= 0.3 is 0 Å². The quantitative estimate of drug-likeness (QED) is 0.753. The Kier molecular flexibility index (Phi) is 5.05. The third-order valence-corrected chi connectivity index (χ3v) is 3.59. The van der Waals surface area contributed by atoms with Crippen LogP contribution in [0.5, 0.6) is 0 Å². The van der Waals surface area contributed by atoms with Crippen molar-refractivity contribution in [2.45, 2.75) is 26.3 Å². The topological polar surface area (TPSA) is 90.9 Å². The van der Waals surface area contributed by atoms with Gasteiger partial charge in [0.25, 0.3) is 5.91 Å². The van der Waals surface area contributed by atoms with E-state index in [0.717, 1.165) is 6.42 Å². The highest BCUT2D eigenvalue weighted by Crippen LogP contribution is 2.14. The summed E-state index contributed by atoms with van der Waals surface area (Å²) in [7, 11) is 0. The van der Waals surface area contributed by atoms with Gasteiger partial charge in [-0.15, -0.1) is 0 Å². The molecule has 0 aliphatic heterocycles. The highest BCUT2D eigenvalue weighted by atomic mass is 16.3. The molecule has 6 heteroatoms. The monoisotopic (exact) mass is 288 g/mol. The third-order valence-electron chi connectivity index (χ3n) is 3.59. The molecule has 2 aromatic heterocycles. The van der Waals surface area contributed by atoms with Gasteiger partial charge < -0.3 is 10.4 Å². The van der Waals surface area contributed by atoms with Crippen LogP contribution in [0.3, 0.4) is 0 Å². The summed E-state index contributed by atoms with van der Waals surface area (Å²) in [4.78, 5) is 16.4. The van der Waals surface area contributed by atoms with Crippen molar-refractivity contribution in [1.82, 2.24) is 20.5 Å². The molecule has 21 heavy (non-hydrogen) atoms. The van der Waals surface area contributed by atoms with Crippen molar-refractivity contribution in [2.75, 3.05) is 6.61 Å². The van der Waals surface area contributed by atoms with Crippen molar-refractivity contribution < 1.29 is 9.90 Å². The molecule has 0 aliphatic rings. The third kappa shape index (κ3) is 3.66. The molecule has 0 saturated carbocycles.